The van der Waals surface area contributed by atoms with Gasteiger partial charge in [0.1, 0.15) is 5.82 Å². The topological polar surface area (TPSA) is 38.3 Å². The molecule has 0 unspecified atom stereocenters. The number of rotatable bonds is 2. The predicted octanol–water partition coefficient (Wildman–Crippen LogP) is 3.22. The maximum Gasteiger partial charge on any atom is 0.229 e. The summed E-state index contributed by atoms with van der Waals surface area (Å²) in [4.78, 5) is 11.8. The van der Waals surface area contributed by atoms with Crippen molar-refractivity contribution in [2.24, 2.45) is 5.92 Å². The highest BCUT2D eigenvalue weighted by atomic mass is 79.9. The minimum atomic E-state index is -0.461. The van der Waals surface area contributed by atoms with Gasteiger partial charge < -0.3 is 10.1 Å². The second kappa shape index (κ2) is 5.33. The number of carbonyl (C=O) groups excluding carboxylic acids is 1. The average Bonchev–Trinajstić information content (AvgIpc) is 2.79. The number of nitrogens with one attached hydrogen (secondary N) is 1. The van der Waals surface area contributed by atoms with Crippen molar-refractivity contribution >= 4 is 39.1 Å². The van der Waals surface area contributed by atoms with Crippen LogP contribution in [-0.4, -0.2) is 19.1 Å². The molecule has 0 bridgehead atoms. The molecule has 1 amide bonds. The van der Waals surface area contributed by atoms with Gasteiger partial charge in [0.25, 0.3) is 0 Å². The van der Waals surface area contributed by atoms with Crippen molar-refractivity contribution in [2.45, 2.75) is 6.42 Å². The highest BCUT2D eigenvalue weighted by molar-refractivity contribution is 9.10. The number of anilines is 1. The molecular weight excluding hydrogens is 312 g/mol. The molecular formula is C11H10BrClFNO2. The Morgan fingerprint density at radius 1 is 1.59 bits per heavy atom. The average molecular weight is 323 g/mol. The zero-order chi connectivity index (χ0) is 12.4. The van der Waals surface area contributed by atoms with Crippen LogP contribution in [0.25, 0.3) is 0 Å². The number of amides is 1. The Morgan fingerprint density at radius 3 is 3.00 bits per heavy atom. The van der Waals surface area contributed by atoms with Gasteiger partial charge in [0.05, 0.1) is 27.7 Å². The van der Waals surface area contributed by atoms with Crippen LogP contribution < -0.4 is 5.32 Å². The third-order valence-electron chi connectivity index (χ3n) is 2.57. The molecule has 1 aliphatic rings. The van der Waals surface area contributed by atoms with Gasteiger partial charge in [0, 0.05) is 6.61 Å². The van der Waals surface area contributed by atoms with E-state index < -0.39 is 5.82 Å². The maximum atomic E-state index is 13.1. The van der Waals surface area contributed by atoms with E-state index in [1.54, 1.807) is 0 Å². The molecule has 2 rings (SSSR count). The minimum Gasteiger partial charge on any atom is -0.381 e. The quantitative estimate of drug-likeness (QED) is 0.849. The van der Waals surface area contributed by atoms with E-state index in [-0.39, 0.29) is 21.3 Å². The van der Waals surface area contributed by atoms with E-state index in [1.807, 2.05) is 0 Å². The first kappa shape index (κ1) is 12.8. The summed E-state index contributed by atoms with van der Waals surface area (Å²) in [6.07, 6.45) is 0.700. The van der Waals surface area contributed by atoms with E-state index in [4.69, 9.17) is 16.3 Å². The summed E-state index contributed by atoms with van der Waals surface area (Å²) in [7, 11) is 0. The molecule has 1 aliphatic heterocycles. The summed E-state index contributed by atoms with van der Waals surface area (Å²) < 4.78 is 18.5. The van der Waals surface area contributed by atoms with Gasteiger partial charge in [-0.3, -0.25) is 4.79 Å². The highest BCUT2D eigenvalue weighted by Gasteiger charge is 2.24. The first-order valence-corrected chi connectivity index (χ1v) is 6.28. The molecule has 1 N–H and O–H groups in total. The molecule has 1 aromatic carbocycles. The van der Waals surface area contributed by atoms with Gasteiger partial charge in [-0.2, -0.15) is 0 Å². The van der Waals surface area contributed by atoms with E-state index >= 15 is 0 Å². The molecule has 0 radical (unpaired) electrons. The number of benzene rings is 1. The van der Waals surface area contributed by atoms with Crippen LogP contribution in [0.2, 0.25) is 5.02 Å². The third kappa shape index (κ3) is 2.97. The Labute approximate surface area is 111 Å². The Bertz CT molecular complexity index is 449. The second-order valence-corrected chi connectivity index (χ2v) is 5.06. The Hall–Kier alpha value is -0.650. The fourth-order valence-electron chi connectivity index (χ4n) is 1.59. The number of hydrogen-bond donors (Lipinski definition) is 1. The van der Waals surface area contributed by atoms with Crippen LogP contribution >= 0.6 is 27.5 Å². The van der Waals surface area contributed by atoms with Crippen molar-refractivity contribution in [3.05, 3.63) is 27.4 Å². The minimum absolute atomic E-state index is 0.150. The van der Waals surface area contributed by atoms with Crippen LogP contribution in [0.15, 0.2) is 16.6 Å². The molecule has 0 saturated carbocycles. The van der Waals surface area contributed by atoms with Crippen molar-refractivity contribution in [1.82, 2.24) is 0 Å². The number of carbonyl (C=O) groups is 1. The van der Waals surface area contributed by atoms with E-state index in [2.05, 4.69) is 21.2 Å². The lowest BCUT2D eigenvalue weighted by atomic mass is 10.1. The molecule has 1 fully saturated rings. The predicted molar refractivity (Wildman–Crippen MR) is 66.7 cm³/mol. The van der Waals surface area contributed by atoms with E-state index in [1.165, 1.54) is 6.07 Å². The van der Waals surface area contributed by atoms with Crippen LogP contribution in [-0.2, 0) is 9.53 Å². The van der Waals surface area contributed by atoms with Gasteiger partial charge in [-0.1, -0.05) is 11.6 Å². The standard InChI is InChI=1S/C11H10BrClFNO2/c12-7-3-10(8(13)4-9(7)14)15-11(16)6-1-2-17-5-6/h3-4,6H,1-2,5H2,(H,15,16)/t6-/m1/s1. The molecule has 6 heteroatoms. The molecule has 17 heavy (non-hydrogen) atoms. The molecule has 1 heterocycles. The molecule has 0 spiro atoms. The lowest BCUT2D eigenvalue weighted by molar-refractivity contribution is -0.119. The Kier molecular flexibility index (Phi) is 4.01. The molecule has 0 aliphatic carbocycles. The summed E-state index contributed by atoms with van der Waals surface area (Å²) in [6.45, 7) is 1.02. The molecule has 1 aromatic rings. The summed E-state index contributed by atoms with van der Waals surface area (Å²) in [5.41, 5.74) is 0.400. The Balaban J connectivity index is 2.12. The van der Waals surface area contributed by atoms with Gasteiger partial charge in [0.15, 0.2) is 0 Å². The van der Waals surface area contributed by atoms with Gasteiger partial charge in [-0.05, 0) is 34.5 Å². The second-order valence-electron chi connectivity index (χ2n) is 3.80. The summed E-state index contributed by atoms with van der Waals surface area (Å²) >= 11 is 8.89. The van der Waals surface area contributed by atoms with Crippen molar-refractivity contribution in [3.63, 3.8) is 0 Å². The van der Waals surface area contributed by atoms with Gasteiger partial charge in [-0.15, -0.1) is 0 Å². The Morgan fingerprint density at radius 2 is 2.35 bits per heavy atom. The van der Waals surface area contributed by atoms with Crippen molar-refractivity contribution in [3.8, 4) is 0 Å². The highest BCUT2D eigenvalue weighted by Crippen LogP contribution is 2.29. The first-order chi connectivity index (χ1) is 8.08. The third-order valence-corrected chi connectivity index (χ3v) is 3.49. The van der Waals surface area contributed by atoms with Crippen LogP contribution in [0.3, 0.4) is 0 Å². The normalized spacial score (nSPS) is 19.4. The SMILES string of the molecule is O=C(Nc1cc(Br)c(F)cc1Cl)[C@@H]1CCOC1. The van der Waals surface area contributed by atoms with Crippen LogP contribution in [0.4, 0.5) is 10.1 Å². The van der Waals surface area contributed by atoms with Gasteiger partial charge in [0.2, 0.25) is 5.91 Å². The molecule has 3 nitrogen and oxygen atoms in total. The van der Waals surface area contributed by atoms with Crippen LogP contribution in [0.1, 0.15) is 6.42 Å². The van der Waals surface area contributed by atoms with Gasteiger partial charge >= 0.3 is 0 Å². The van der Waals surface area contributed by atoms with Crippen molar-refractivity contribution < 1.29 is 13.9 Å². The van der Waals surface area contributed by atoms with E-state index in [9.17, 15) is 9.18 Å². The summed E-state index contributed by atoms with van der Waals surface area (Å²) in [5.74, 6) is -0.769. The van der Waals surface area contributed by atoms with Gasteiger partial charge in [-0.25, -0.2) is 4.39 Å². The molecule has 92 valence electrons. The lowest BCUT2D eigenvalue weighted by Crippen LogP contribution is -2.23. The van der Waals surface area contributed by atoms with Crippen molar-refractivity contribution in [2.75, 3.05) is 18.5 Å². The number of hydrogen-bond acceptors (Lipinski definition) is 2. The molecule has 0 aromatic heterocycles. The fourth-order valence-corrected chi connectivity index (χ4v) is 2.14. The zero-order valence-electron chi connectivity index (χ0n) is 8.80. The van der Waals surface area contributed by atoms with E-state index in [0.29, 0.717) is 25.3 Å². The molecule has 1 saturated heterocycles. The first-order valence-electron chi connectivity index (χ1n) is 5.11. The summed E-state index contributed by atoms with van der Waals surface area (Å²) in [5, 5.41) is 2.85. The largest absolute Gasteiger partial charge is 0.381 e. The fraction of sp³-hybridized carbons (Fsp3) is 0.364. The van der Waals surface area contributed by atoms with Crippen LogP contribution in [0, 0.1) is 11.7 Å². The molecule has 1 atom stereocenters. The number of ether oxygens (including phenoxy) is 1. The van der Waals surface area contributed by atoms with E-state index in [0.717, 1.165) is 6.07 Å². The zero-order valence-corrected chi connectivity index (χ0v) is 11.1. The smallest absolute Gasteiger partial charge is 0.229 e. The van der Waals surface area contributed by atoms with Crippen LogP contribution in [0.5, 0.6) is 0 Å². The summed E-state index contributed by atoms with van der Waals surface area (Å²) in [6, 6.07) is 2.61. The van der Waals surface area contributed by atoms with Crippen molar-refractivity contribution in [1.29, 1.82) is 0 Å². The monoisotopic (exact) mass is 321 g/mol. The number of halogens is 3. The maximum absolute atomic E-state index is 13.1. The lowest BCUT2D eigenvalue weighted by Gasteiger charge is -2.11.